The molecule has 1 aromatic heterocycles. The van der Waals surface area contributed by atoms with Gasteiger partial charge in [0.25, 0.3) is 0 Å². The summed E-state index contributed by atoms with van der Waals surface area (Å²) in [4.78, 5) is 13.8. The lowest BCUT2D eigenvalue weighted by atomic mass is 10.2. The molecular weight excluding hydrogens is 260 g/mol. The summed E-state index contributed by atoms with van der Waals surface area (Å²) in [6.45, 7) is 1.92. The quantitative estimate of drug-likeness (QED) is 0.831. The van der Waals surface area contributed by atoms with Gasteiger partial charge in [0.15, 0.2) is 0 Å². The van der Waals surface area contributed by atoms with Crippen LogP contribution in [-0.2, 0) is 0 Å². The lowest BCUT2D eigenvalue weighted by Gasteiger charge is -2.05. The average molecular weight is 269 g/mol. The number of H-pyrrole nitrogens is 1. The van der Waals surface area contributed by atoms with Crippen LogP contribution in [0.1, 0.15) is 5.56 Å². The predicted octanol–water partition coefficient (Wildman–Crippen LogP) is 1.94. The van der Waals surface area contributed by atoms with Crippen molar-refractivity contribution >= 4 is 15.9 Å². The molecule has 0 atom stereocenters. The molecule has 0 unspecified atom stereocenters. The Morgan fingerprint density at radius 1 is 1.47 bits per heavy atom. The highest BCUT2D eigenvalue weighted by molar-refractivity contribution is 9.10. The van der Waals surface area contributed by atoms with Crippen LogP contribution in [0.25, 0.3) is 5.69 Å². The molecule has 0 spiro atoms. The Morgan fingerprint density at radius 3 is 2.73 bits per heavy atom. The second-order valence-electron chi connectivity index (χ2n) is 3.22. The van der Waals surface area contributed by atoms with Crippen LogP contribution in [0.3, 0.4) is 0 Å². The number of aromatic amines is 1. The third-order valence-corrected chi connectivity index (χ3v) is 3.05. The van der Waals surface area contributed by atoms with E-state index in [9.17, 15) is 9.90 Å². The van der Waals surface area contributed by atoms with Gasteiger partial charge in [0, 0.05) is 4.47 Å². The molecule has 4 nitrogen and oxygen atoms in total. The van der Waals surface area contributed by atoms with E-state index < -0.39 is 0 Å². The van der Waals surface area contributed by atoms with Gasteiger partial charge in [-0.25, -0.2) is 9.36 Å². The molecule has 0 amide bonds. The van der Waals surface area contributed by atoms with Crippen LogP contribution in [0.5, 0.6) is 5.88 Å². The van der Waals surface area contributed by atoms with Gasteiger partial charge in [-0.15, -0.1) is 0 Å². The van der Waals surface area contributed by atoms with Gasteiger partial charge in [-0.1, -0.05) is 15.9 Å². The molecule has 1 heterocycles. The van der Waals surface area contributed by atoms with Crippen LogP contribution in [0.15, 0.2) is 33.7 Å². The number of imidazole rings is 1. The van der Waals surface area contributed by atoms with Crippen molar-refractivity contribution in [3.63, 3.8) is 0 Å². The van der Waals surface area contributed by atoms with E-state index in [1.54, 1.807) is 6.07 Å². The zero-order valence-corrected chi connectivity index (χ0v) is 9.58. The third kappa shape index (κ3) is 1.70. The molecule has 0 radical (unpaired) electrons. The van der Waals surface area contributed by atoms with E-state index in [4.69, 9.17) is 0 Å². The maximum Gasteiger partial charge on any atom is 0.333 e. The van der Waals surface area contributed by atoms with Crippen molar-refractivity contribution in [1.29, 1.82) is 0 Å². The third-order valence-electron chi connectivity index (χ3n) is 2.16. The number of nitrogens with zero attached hydrogens (tertiary/aromatic N) is 1. The summed E-state index contributed by atoms with van der Waals surface area (Å²) in [5.74, 6) is -0.0956. The predicted molar refractivity (Wildman–Crippen MR) is 60.5 cm³/mol. The Labute approximate surface area is 94.3 Å². The van der Waals surface area contributed by atoms with Gasteiger partial charge in [0.05, 0.1) is 11.9 Å². The topological polar surface area (TPSA) is 58.0 Å². The standard InChI is InChI=1S/C10H9BrN2O2/c1-6-4-7(2-3-8(6)11)13-9(14)5-12-10(13)15/h2-5,14H,1H3,(H,12,15). The highest BCUT2D eigenvalue weighted by Crippen LogP contribution is 2.20. The van der Waals surface area contributed by atoms with E-state index in [1.807, 2.05) is 19.1 Å². The van der Waals surface area contributed by atoms with Gasteiger partial charge in [-0.2, -0.15) is 0 Å². The van der Waals surface area contributed by atoms with Crippen LogP contribution in [0.4, 0.5) is 0 Å². The highest BCUT2D eigenvalue weighted by Gasteiger charge is 2.07. The molecule has 0 saturated heterocycles. The first-order valence-corrected chi connectivity index (χ1v) is 5.15. The number of aryl methyl sites for hydroxylation is 1. The van der Waals surface area contributed by atoms with Gasteiger partial charge >= 0.3 is 5.69 Å². The largest absolute Gasteiger partial charge is 0.493 e. The fourth-order valence-corrected chi connectivity index (χ4v) is 1.62. The molecule has 0 aliphatic carbocycles. The van der Waals surface area contributed by atoms with E-state index in [-0.39, 0.29) is 11.6 Å². The van der Waals surface area contributed by atoms with Crippen molar-refractivity contribution < 1.29 is 5.11 Å². The van der Waals surface area contributed by atoms with E-state index in [0.29, 0.717) is 5.69 Å². The average Bonchev–Trinajstić information content (AvgIpc) is 2.52. The summed E-state index contributed by atoms with van der Waals surface area (Å²) in [6, 6.07) is 5.41. The molecule has 78 valence electrons. The molecule has 15 heavy (non-hydrogen) atoms. The normalized spacial score (nSPS) is 10.5. The van der Waals surface area contributed by atoms with E-state index >= 15 is 0 Å². The van der Waals surface area contributed by atoms with Crippen LogP contribution < -0.4 is 5.69 Å². The Balaban J connectivity index is 2.65. The zero-order valence-electron chi connectivity index (χ0n) is 7.99. The number of aromatic hydroxyl groups is 1. The van der Waals surface area contributed by atoms with Gasteiger partial charge in [0.1, 0.15) is 0 Å². The number of rotatable bonds is 1. The first-order chi connectivity index (χ1) is 7.09. The molecule has 0 saturated carbocycles. The fraction of sp³-hybridized carbons (Fsp3) is 0.100. The van der Waals surface area contributed by atoms with Crippen molar-refractivity contribution in [3.8, 4) is 11.6 Å². The highest BCUT2D eigenvalue weighted by atomic mass is 79.9. The first kappa shape index (κ1) is 10.0. The molecule has 2 rings (SSSR count). The molecular formula is C10H9BrN2O2. The Hall–Kier alpha value is -1.49. The molecule has 2 N–H and O–H groups in total. The second-order valence-corrected chi connectivity index (χ2v) is 4.08. The summed E-state index contributed by atoms with van der Waals surface area (Å²) >= 11 is 3.37. The minimum atomic E-state index is -0.353. The van der Waals surface area contributed by atoms with Crippen molar-refractivity contribution in [2.75, 3.05) is 0 Å². The first-order valence-electron chi connectivity index (χ1n) is 4.35. The van der Waals surface area contributed by atoms with Crippen LogP contribution in [0.2, 0.25) is 0 Å². The molecule has 5 heteroatoms. The van der Waals surface area contributed by atoms with Crippen molar-refractivity contribution in [3.05, 3.63) is 44.9 Å². The van der Waals surface area contributed by atoms with E-state index in [0.717, 1.165) is 10.0 Å². The monoisotopic (exact) mass is 268 g/mol. The van der Waals surface area contributed by atoms with Gasteiger partial charge in [-0.3, -0.25) is 0 Å². The van der Waals surface area contributed by atoms with Crippen LogP contribution in [-0.4, -0.2) is 14.7 Å². The number of nitrogens with one attached hydrogen (secondary N) is 1. The van der Waals surface area contributed by atoms with Crippen molar-refractivity contribution in [2.24, 2.45) is 0 Å². The Morgan fingerprint density at radius 2 is 2.20 bits per heavy atom. The number of halogens is 1. The SMILES string of the molecule is Cc1cc(-n2c(O)c[nH]c2=O)ccc1Br. The van der Waals surface area contributed by atoms with Gasteiger partial charge in [-0.05, 0) is 30.7 Å². The van der Waals surface area contributed by atoms with Gasteiger partial charge in [0.2, 0.25) is 5.88 Å². The Bertz CT molecular complexity index is 557. The maximum atomic E-state index is 11.4. The maximum absolute atomic E-state index is 11.4. The molecule has 0 aliphatic rings. The van der Waals surface area contributed by atoms with Crippen LogP contribution >= 0.6 is 15.9 Å². The number of aromatic nitrogens is 2. The van der Waals surface area contributed by atoms with E-state index in [2.05, 4.69) is 20.9 Å². The lowest BCUT2D eigenvalue weighted by Crippen LogP contribution is -2.14. The summed E-state index contributed by atoms with van der Waals surface area (Å²) < 4.78 is 2.17. The fourth-order valence-electron chi connectivity index (χ4n) is 1.38. The summed E-state index contributed by atoms with van der Waals surface area (Å²) in [6.07, 6.45) is 1.26. The van der Waals surface area contributed by atoms with E-state index in [1.165, 1.54) is 10.8 Å². The molecule has 0 fully saturated rings. The number of hydrogen-bond donors (Lipinski definition) is 2. The van der Waals surface area contributed by atoms with Crippen molar-refractivity contribution in [1.82, 2.24) is 9.55 Å². The number of benzene rings is 1. The molecule has 2 aromatic rings. The zero-order chi connectivity index (χ0) is 11.0. The summed E-state index contributed by atoms with van der Waals surface area (Å²) in [5.41, 5.74) is 1.29. The molecule has 0 aliphatic heterocycles. The number of hydrogen-bond acceptors (Lipinski definition) is 2. The summed E-state index contributed by atoms with van der Waals surface area (Å²) in [7, 11) is 0. The minimum absolute atomic E-state index is 0.0956. The molecule has 0 bridgehead atoms. The smallest absolute Gasteiger partial charge is 0.333 e. The Kier molecular flexibility index (Phi) is 2.40. The second kappa shape index (κ2) is 3.58. The minimum Gasteiger partial charge on any atom is -0.493 e. The van der Waals surface area contributed by atoms with Crippen molar-refractivity contribution in [2.45, 2.75) is 6.92 Å². The summed E-state index contributed by atoms with van der Waals surface area (Å²) in [5, 5.41) is 9.46. The molecule has 1 aromatic carbocycles. The lowest BCUT2D eigenvalue weighted by molar-refractivity contribution is 0.441. The van der Waals surface area contributed by atoms with Crippen LogP contribution in [0, 0.1) is 6.92 Å². The van der Waals surface area contributed by atoms with Gasteiger partial charge < -0.3 is 10.1 Å².